The van der Waals surface area contributed by atoms with Crippen LogP contribution < -0.4 is 11.1 Å². The van der Waals surface area contributed by atoms with Crippen LogP contribution in [-0.4, -0.2) is 22.4 Å². The number of hydrogen-bond acceptors (Lipinski definition) is 4. The van der Waals surface area contributed by atoms with Crippen molar-refractivity contribution < 1.29 is 9.18 Å². The van der Waals surface area contributed by atoms with E-state index >= 15 is 0 Å². The van der Waals surface area contributed by atoms with Gasteiger partial charge in [0.05, 0.1) is 18.1 Å². The normalized spacial score (nSPS) is 11.2. The molecule has 0 aliphatic rings. The van der Waals surface area contributed by atoms with Crippen molar-refractivity contribution >= 4 is 11.7 Å². The van der Waals surface area contributed by atoms with Gasteiger partial charge in [-0.2, -0.15) is 0 Å². The predicted molar refractivity (Wildman–Crippen MR) is 104 cm³/mol. The average molecular weight is 364 g/mol. The Labute approximate surface area is 157 Å². The minimum absolute atomic E-state index is 0.204. The highest BCUT2D eigenvalue weighted by Gasteiger charge is 2.20. The molecule has 1 amide bonds. The Balaban J connectivity index is 1.70. The lowest BCUT2D eigenvalue weighted by Gasteiger charge is -2.26. The maximum Gasteiger partial charge on any atom is 0.248 e. The molecule has 0 aliphatic heterocycles. The minimum Gasteiger partial charge on any atom is -0.368 e. The van der Waals surface area contributed by atoms with Crippen molar-refractivity contribution in [3.63, 3.8) is 0 Å². The van der Waals surface area contributed by atoms with Crippen LogP contribution in [0.4, 0.5) is 10.2 Å². The Morgan fingerprint density at radius 3 is 2.48 bits per heavy atom. The number of nitrogens with zero attached hydrogens (tertiary/aromatic N) is 2. The molecule has 0 spiro atoms. The topological polar surface area (TPSA) is 80.9 Å². The molecular formula is C21H21FN4O. The van der Waals surface area contributed by atoms with Gasteiger partial charge in [-0.3, -0.25) is 9.78 Å². The zero-order valence-electron chi connectivity index (χ0n) is 15.2. The van der Waals surface area contributed by atoms with Gasteiger partial charge in [0.25, 0.3) is 0 Å². The molecule has 0 aliphatic carbocycles. The van der Waals surface area contributed by atoms with Crippen LogP contribution in [0.25, 0.3) is 11.3 Å². The van der Waals surface area contributed by atoms with Gasteiger partial charge in [-0.1, -0.05) is 38.1 Å². The first-order valence-corrected chi connectivity index (χ1v) is 8.57. The average Bonchev–Trinajstić information content (AvgIpc) is 2.67. The Morgan fingerprint density at radius 1 is 1.11 bits per heavy atom. The number of carbonyl (C=O) groups is 1. The highest BCUT2D eigenvalue weighted by molar-refractivity contribution is 5.93. The molecular weight excluding hydrogens is 343 g/mol. The van der Waals surface area contributed by atoms with Crippen molar-refractivity contribution in [2.24, 2.45) is 5.73 Å². The number of nitrogens with two attached hydrogens (primary N) is 1. The molecule has 5 nitrogen and oxygen atoms in total. The third-order valence-corrected chi connectivity index (χ3v) is 4.43. The van der Waals surface area contributed by atoms with E-state index < -0.39 is 5.91 Å². The van der Waals surface area contributed by atoms with Crippen molar-refractivity contribution in [2.45, 2.75) is 19.3 Å². The summed E-state index contributed by atoms with van der Waals surface area (Å²) in [6.07, 6.45) is 3.29. The van der Waals surface area contributed by atoms with Gasteiger partial charge in [0.2, 0.25) is 5.91 Å². The quantitative estimate of drug-likeness (QED) is 0.698. The molecule has 0 atom stereocenters. The summed E-state index contributed by atoms with van der Waals surface area (Å²) in [6.45, 7) is 4.76. The van der Waals surface area contributed by atoms with Crippen LogP contribution in [0, 0.1) is 5.82 Å². The molecule has 2 aromatic carbocycles. The summed E-state index contributed by atoms with van der Waals surface area (Å²) >= 11 is 0. The van der Waals surface area contributed by atoms with E-state index in [1.165, 1.54) is 12.1 Å². The molecule has 27 heavy (non-hydrogen) atoms. The van der Waals surface area contributed by atoms with Gasteiger partial charge < -0.3 is 11.1 Å². The van der Waals surface area contributed by atoms with E-state index in [1.807, 2.05) is 6.07 Å². The lowest BCUT2D eigenvalue weighted by molar-refractivity contribution is 0.100. The van der Waals surface area contributed by atoms with E-state index in [0.717, 1.165) is 11.1 Å². The van der Waals surface area contributed by atoms with Crippen LogP contribution in [-0.2, 0) is 5.41 Å². The molecule has 3 aromatic rings. The molecule has 6 heteroatoms. The highest BCUT2D eigenvalue weighted by Crippen LogP contribution is 2.24. The SMILES string of the molecule is CC(C)(CNc1cnc(-c2cccc(C(N)=O)c2)cn1)c1ccc(F)cc1. The van der Waals surface area contributed by atoms with Gasteiger partial charge in [0, 0.05) is 23.1 Å². The maximum atomic E-state index is 13.1. The van der Waals surface area contributed by atoms with Crippen LogP contribution in [0.2, 0.25) is 0 Å². The van der Waals surface area contributed by atoms with Crippen LogP contribution in [0.5, 0.6) is 0 Å². The Kier molecular flexibility index (Phi) is 5.16. The van der Waals surface area contributed by atoms with Gasteiger partial charge in [0.15, 0.2) is 0 Å². The van der Waals surface area contributed by atoms with E-state index in [4.69, 9.17) is 5.73 Å². The summed E-state index contributed by atoms with van der Waals surface area (Å²) in [5.41, 5.74) is 8.00. The summed E-state index contributed by atoms with van der Waals surface area (Å²) in [6, 6.07) is 13.5. The van der Waals surface area contributed by atoms with Crippen LogP contribution >= 0.6 is 0 Å². The lowest BCUT2D eigenvalue weighted by atomic mass is 9.84. The molecule has 0 saturated carbocycles. The number of primary amides is 1. The number of hydrogen-bond donors (Lipinski definition) is 2. The van der Waals surface area contributed by atoms with Crippen LogP contribution in [0.1, 0.15) is 29.8 Å². The first-order chi connectivity index (χ1) is 12.8. The second-order valence-corrected chi connectivity index (χ2v) is 6.98. The Morgan fingerprint density at radius 2 is 1.85 bits per heavy atom. The third-order valence-electron chi connectivity index (χ3n) is 4.43. The van der Waals surface area contributed by atoms with E-state index in [2.05, 4.69) is 29.1 Å². The molecule has 138 valence electrons. The first kappa shape index (κ1) is 18.5. The molecule has 3 rings (SSSR count). The Bertz CT molecular complexity index is 937. The van der Waals surface area contributed by atoms with Crippen molar-refractivity contribution in [3.05, 3.63) is 77.9 Å². The number of halogens is 1. The van der Waals surface area contributed by atoms with Crippen molar-refractivity contribution in [3.8, 4) is 11.3 Å². The monoisotopic (exact) mass is 364 g/mol. The number of carbonyl (C=O) groups excluding carboxylic acids is 1. The minimum atomic E-state index is -0.480. The maximum absolute atomic E-state index is 13.1. The standard InChI is InChI=1S/C21H21FN4O/c1-21(2,16-6-8-17(22)9-7-16)13-26-19-12-24-18(11-25-19)14-4-3-5-15(10-14)20(23)27/h3-12H,13H2,1-2H3,(H2,23,27)(H,25,26). The fraction of sp³-hybridized carbons (Fsp3) is 0.190. The van der Waals surface area contributed by atoms with E-state index in [0.29, 0.717) is 23.6 Å². The number of anilines is 1. The first-order valence-electron chi connectivity index (χ1n) is 8.57. The molecule has 0 radical (unpaired) electrons. The number of rotatable bonds is 6. The number of aromatic nitrogens is 2. The predicted octanol–water partition coefficient (Wildman–Crippen LogP) is 3.77. The van der Waals surface area contributed by atoms with Gasteiger partial charge >= 0.3 is 0 Å². The molecule has 0 bridgehead atoms. The lowest BCUT2D eigenvalue weighted by Crippen LogP contribution is -2.28. The van der Waals surface area contributed by atoms with Gasteiger partial charge in [0.1, 0.15) is 11.6 Å². The highest BCUT2D eigenvalue weighted by atomic mass is 19.1. The summed E-state index contributed by atoms with van der Waals surface area (Å²) < 4.78 is 13.1. The second-order valence-electron chi connectivity index (χ2n) is 6.98. The smallest absolute Gasteiger partial charge is 0.248 e. The Hall–Kier alpha value is -3.28. The molecule has 0 fully saturated rings. The zero-order valence-corrected chi connectivity index (χ0v) is 15.2. The summed E-state index contributed by atoms with van der Waals surface area (Å²) in [5, 5.41) is 3.26. The molecule has 0 saturated heterocycles. The van der Waals surface area contributed by atoms with Crippen molar-refractivity contribution in [2.75, 3.05) is 11.9 Å². The fourth-order valence-electron chi connectivity index (χ4n) is 2.71. The third kappa shape index (κ3) is 4.47. The largest absolute Gasteiger partial charge is 0.368 e. The van der Waals surface area contributed by atoms with Crippen molar-refractivity contribution in [1.82, 2.24) is 9.97 Å². The number of amides is 1. The number of benzene rings is 2. The van der Waals surface area contributed by atoms with Gasteiger partial charge in [-0.15, -0.1) is 0 Å². The molecule has 1 aromatic heterocycles. The van der Waals surface area contributed by atoms with E-state index in [1.54, 1.807) is 42.7 Å². The van der Waals surface area contributed by atoms with Gasteiger partial charge in [-0.25, -0.2) is 9.37 Å². The van der Waals surface area contributed by atoms with Crippen LogP contribution in [0.15, 0.2) is 60.9 Å². The molecule has 1 heterocycles. The van der Waals surface area contributed by atoms with E-state index in [9.17, 15) is 9.18 Å². The number of nitrogens with one attached hydrogen (secondary N) is 1. The van der Waals surface area contributed by atoms with E-state index in [-0.39, 0.29) is 11.2 Å². The molecule has 0 unspecified atom stereocenters. The van der Waals surface area contributed by atoms with Crippen molar-refractivity contribution in [1.29, 1.82) is 0 Å². The summed E-state index contributed by atoms with van der Waals surface area (Å²) in [5.74, 6) is -0.0875. The second kappa shape index (κ2) is 7.53. The van der Waals surface area contributed by atoms with Gasteiger partial charge in [-0.05, 0) is 29.8 Å². The van der Waals surface area contributed by atoms with Crippen LogP contribution in [0.3, 0.4) is 0 Å². The molecule has 3 N–H and O–H groups in total. The summed E-state index contributed by atoms with van der Waals surface area (Å²) in [4.78, 5) is 20.1. The fourth-order valence-corrected chi connectivity index (χ4v) is 2.71. The zero-order chi connectivity index (χ0) is 19.4. The summed E-state index contributed by atoms with van der Waals surface area (Å²) in [7, 11) is 0.